The van der Waals surface area contributed by atoms with Crippen molar-refractivity contribution in [1.82, 2.24) is 10.2 Å². The summed E-state index contributed by atoms with van der Waals surface area (Å²) in [6.07, 6.45) is 7.02. The zero-order chi connectivity index (χ0) is 14.6. The summed E-state index contributed by atoms with van der Waals surface area (Å²) in [7, 11) is 2.26. The van der Waals surface area contributed by atoms with Crippen LogP contribution in [0.1, 0.15) is 59.8 Å². The van der Waals surface area contributed by atoms with Gasteiger partial charge in [0.25, 0.3) is 0 Å². The molecule has 3 atom stereocenters. The first kappa shape index (κ1) is 14.8. The Labute approximate surface area is 125 Å². The van der Waals surface area contributed by atoms with Crippen molar-refractivity contribution in [1.29, 1.82) is 0 Å². The summed E-state index contributed by atoms with van der Waals surface area (Å²) in [5.74, 6) is 0.954. The number of hydrogen-bond acceptors (Lipinski definition) is 2. The van der Waals surface area contributed by atoms with Crippen LogP contribution in [-0.4, -0.2) is 37.6 Å². The second-order valence-corrected chi connectivity index (χ2v) is 9.16. The molecular formula is C18H34N2. The molecule has 3 aliphatic rings. The van der Waals surface area contributed by atoms with Gasteiger partial charge in [-0.15, -0.1) is 0 Å². The fraction of sp³-hybridized carbons (Fsp3) is 1.00. The minimum absolute atomic E-state index is 0.523. The van der Waals surface area contributed by atoms with Gasteiger partial charge >= 0.3 is 0 Å². The Kier molecular flexibility index (Phi) is 3.49. The van der Waals surface area contributed by atoms with E-state index in [1.807, 2.05) is 0 Å². The predicted molar refractivity (Wildman–Crippen MR) is 85.9 cm³/mol. The van der Waals surface area contributed by atoms with Gasteiger partial charge in [0, 0.05) is 12.6 Å². The van der Waals surface area contributed by atoms with Crippen LogP contribution in [-0.2, 0) is 0 Å². The van der Waals surface area contributed by atoms with E-state index < -0.39 is 0 Å². The molecule has 116 valence electrons. The van der Waals surface area contributed by atoms with Gasteiger partial charge in [-0.2, -0.15) is 0 Å². The number of hydrogen-bond donors (Lipinski definition) is 1. The number of likely N-dealkylation sites (tertiary alicyclic amines) is 1. The van der Waals surface area contributed by atoms with E-state index in [2.05, 4.69) is 45.0 Å². The molecule has 0 aromatic rings. The summed E-state index contributed by atoms with van der Waals surface area (Å²) in [5, 5.41) is 4.02. The van der Waals surface area contributed by atoms with Gasteiger partial charge in [-0.25, -0.2) is 0 Å². The molecule has 3 rings (SSSR count). The lowest BCUT2D eigenvalue weighted by Crippen LogP contribution is -2.49. The fourth-order valence-corrected chi connectivity index (χ4v) is 5.22. The average Bonchev–Trinajstić information content (AvgIpc) is 2.73. The quantitative estimate of drug-likeness (QED) is 0.849. The maximum Gasteiger partial charge on any atom is 0.0129 e. The van der Waals surface area contributed by atoms with Gasteiger partial charge in [-0.05, 0) is 74.4 Å². The van der Waals surface area contributed by atoms with Gasteiger partial charge in [0.1, 0.15) is 0 Å². The third-order valence-electron chi connectivity index (χ3n) is 7.76. The summed E-state index contributed by atoms with van der Waals surface area (Å²) in [6.45, 7) is 13.8. The molecule has 1 saturated heterocycles. The molecule has 0 radical (unpaired) electrons. The molecular weight excluding hydrogens is 244 g/mol. The number of rotatable bonds is 3. The van der Waals surface area contributed by atoms with Gasteiger partial charge in [0.15, 0.2) is 0 Å². The lowest BCUT2D eigenvalue weighted by Gasteiger charge is -2.43. The molecule has 0 aromatic carbocycles. The highest BCUT2D eigenvalue weighted by atomic mass is 15.1. The highest BCUT2D eigenvalue weighted by molar-refractivity contribution is 5.13. The Hall–Kier alpha value is -0.0800. The molecule has 2 heteroatoms. The van der Waals surface area contributed by atoms with E-state index in [1.54, 1.807) is 0 Å². The maximum absolute atomic E-state index is 4.02. The first-order valence-corrected chi connectivity index (χ1v) is 8.69. The highest BCUT2D eigenvalue weighted by Crippen LogP contribution is 2.65. The maximum atomic E-state index is 4.02. The summed E-state index contributed by atoms with van der Waals surface area (Å²) in [4.78, 5) is 2.48. The zero-order valence-electron chi connectivity index (χ0n) is 14.3. The largest absolute Gasteiger partial charge is 0.313 e. The van der Waals surface area contributed by atoms with Crippen LogP contribution < -0.4 is 5.32 Å². The third-order valence-corrected chi connectivity index (χ3v) is 7.76. The minimum Gasteiger partial charge on any atom is -0.313 e. The van der Waals surface area contributed by atoms with E-state index in [4.69, 9.17) is 0 Å². The smallest absolute Gasteiger partial charge is 0.0129 e. The van der Waals surface area contributed by atoms with Crippen molar-refractivity contribution in [3.05, 3.63) is 0 Å². The molecule has 2 nitrogen and oxygen atoms in total. The first-order valence-electron chi connectivity index (χ1n) is 8.69. The SMILES string of the molecule is CN1CCC(C)(CNC2CC3CCC2(C)C3(C)C)CC1. The molecule has 3 unspecified atom stereocenters. The molecule has 0 spiro atoms. The molecule has 3 fully saturated rings. The molecule has 1 N–H and O–H groups in total. The summed E-state index contributed by atoms with van der Waals surface area (Å²) >= 11 is 0. The third kappa shape index (κ3) is 2.14. The topological polar surface area (TPSA) is 15.3 Å². The number of fused-ring (bicyclic) bond motifs is 2. The van der Waals surface area contributed by atoms with E-state index >= 15 is 0 Å². The van der Waals surface area contributed by atoms with Gasteiger partial charge in [-0.3, -0.25) is 0 Å². The zero-order valence-corrected chi connectivity index (χ0v) is 14.3. The van der Waals surface area contributed by atoms with Crippen LogP contribution >= 0.6 is 0 Å². The van der Waals surface area contributed by atoms with Crippen molar-refractivity contribution in [2.45, 2.75) is 65.8 Å². The number of nitrogens with one attached hydrogen (secondary N) is 1. The second kappa shape index (κ2) is 4.71. The van der Waals surface area contributed by atoms with Crippen molar-refractivity contribution in [2.24, 2.45) is 22.2 Å². The average molecular weight is 278 g/mol. The van der Waals surface area contributed by atoms with Crippen LogP contribution in [0.3, 0.4) is 0 Å². The number of nitrogens with zero attached hydrogens (tertiary/aromatic N) is 1. The van der Waals surface area contributed by atoms with Crippen LogP contribution in [0.25, 0.3) is 0 Å². The lowest BCUT2D eigenvalue weighted by atomic mass is 9.69. The van der Waals surface area contributed by atoms with Crippen LogP contribution in [0.5, 0.6) is 0 Å². The summed E-state index contributed by atoms with van der Waals surface area (Å²) in [5.41, 5.74) is 1.59. The lowest BCUT2D eigenvalue weighted by molar-refractivity contribution is 0.0952. The standard InChI is InChI=1S/C18H34N2/c1-16(2)14-6-7-18(16,4)15(12-14)19-13-17(3)8-10-20(5)11-9-17/h14-15,19H,6-13H2,1-5H3. The van der Waals surface area contributed by atoms with E-state index in [9.17, 15) is 0 Å². The van der Waals surface area contributed by atoms with Crippen molar-refractivity contribution in [2.75, 3.05) is 26.7 Å². The highest BCUT2D eigenvalue weighted by Gasteiger charge is 2.61. The monoisotopic (exact) mass is 278 g/mol. The summed E-state index contributed by atoms with van der Waals surface area (Å²) < 4.78 is 0. The molecule has 1 heterocycles. The van der Waals surface area contributed by atoms with Gasteiger partial charge in [0.2, 0.25) is 0 Å². The Morgan fingerprint density at radius 1 is 1.05 bits per heavy atom. The van der Waals surface area contributed by atoms with Crippen molar-refractivity contribution in [3.63, 3.8) is 0 Å². The van der Waals surface area contributed by atoms with Crippen LogP contribution in [0, 0.1) is 22.2 Å². The Bertz CT molecular complexity index is 368. The van der Waals surface area contributed by atoms with Crippen molar-refractivity contribution < 1.29 is 0 Å². The molecule has 2 aliphatic carbocycles. The fourth-order valence-electron chi connectivity index (χ4n) is 5.22. The van der Waals surface area contributed by atoms with E-state index in [0.29, 0.717) is 16.2 Å². The van der Waals surface area contributed by atoms with E-state index in [-0.39, 0.29) is 0 Å². The minimum atomic E-state index is 0.523. The Balaban J connectivity index is 1.60. The van der Waals surface area contributed by atoms with E-state index in [0.717, 1.165) is 12.0 Å². The molecule has 20 heavy (non-hydrogen) atoms. The Morgan fingerprint density at radius 2 is 1.70 bits per heavy atom. The first-order chi connectivity index (χ1) is 9.27. The predicted octanol–water partition coefficient (Wildman–Crippen LogP) is 3.52. The van der Waals surface area contributed by atoms with Crippen LogP contribution in [0.4, 0.5) is 0 Å². The van der Waals surface area contributed by atoms with Crippen LogP contribution in [0.2, 0.25) is 0 Å². The van der Waals surface area contributed by atoms with Crippen molar-refractivity contribution in [3.8, 4) is 0 Å². The molecule has 1 aliphatic heterocycles. The van der Waals surface area contributed by atoms with Gasteiger partial charge in [-0.1, -0.05) is 27.7 Å². The van der Waals surface area contributed by atoms with Gasteiger partial charge < -0.3 is 10.2 Å². The summed E-state index contributed by atoms with van der Waals surface area (Å²) in [6, 6.07) is 0.757. The van der Waals surface area contributed by atoms with Crippen LogP contribution in [0.15, 0.2) is 0 Å². The second-order valence-electron chi connectivity index (χ2n) is 9.16. The van der Waals surface area contributed by atoms with Crippen molar-refractivity contribution >= 4 is 0 Å². The van der Waals surface area contributed by atoms with E-state index in [1.165, 1.54) is 51.7 Å². The molecule has 2 saturated carbocycles. The molecule has 2 bridgehead atoms. The molecule has 0 amide bonds. The molecule has 0 aromatic heterocycles. The van der Waals surface area contributed by atoms with Gasteiger partial charge in [0.05, 0.1) is 0 Å². The number of piperidine rings is 1. The Morgan fingerprint density at radius 3 is 2.20 bits per heavy atom. The normalized spacial score (nSPS) is 43.0.